The van der Waals surface area contributed by atoms with Gasteiger partial charge in [-0.05, 0) is 0 Å². The fraction of sp³-hybridized carbons (Fsp3) is 0. The third-order valence-electron chi connectivity index (χ3n) is 0. The SMILES string of the molecule is C=C[CH2-].[O]=[Mo]. The molecule has 0 unspecified atom stereocenters. The van der Waals surface area contributed by atoms with Crippen LogP contribution in [-0.2, 0) is 23.2 Å². The van der Waals surface area contributed by atoms with Crippen molar-refractivity contribution >= 4 is 0 Å². The van der Waals surface area contributed by atoms with Gasteiger partial charge in [0.05, 0.1) is 0 Å². The minimum absolute atomic E-state index is 0.700. The second-order valence-corrected chi connectivity index (χ2v) is 0.289. The molecule has 0 rings (SSSR count). The summed E-state index contributed by atoms with van der Waals surface area (Å²) in [6.45, 7) is 6.50. The van der Waals surface area contributed by atoms with E-state index in [1.807, 2.05) is 0 Å². The van der Waals surface area contributed by atoms with E-state index in [4.69, 9.17) is 3.40 Å². The number of rotatable bonds is 0. The van der Waals surface area contributed by atoms with E-state index in [-0.39, 0.29) is 0 Å². The first-order valence-electron chi connectivity index (χ1n) is 0.983. The Labute approximate surface area is 43.3 Å². The molecular weight excluding hydrogens is 148 g/mol. The average molecular weight is 153 g/mol. The molecule has 0 heterocycles. The molecule has 0 amide bonds. The van der Waals surface area contributed by atoms with Crippen molar-refractivity contribution in [2.75, 3.05) is 0 Å². The molecular formula is C3H5MoO-. The van der Waals surface area contributed by atoms with E-state index in [2.05, 4.69) is 13.5 Å². The van der Waals surface area contributed by atoms with Crippen LogP contribution in [0.15, 0.2) is 12.7 Å². The minimum atomic E-state index is 0.700. The maximum atomic E-state index is 8.26. The quantitative estimate of drug-likeness (QED) is 0.373. The first kappa shape index (κ1) is 8.92. The molecule has 0 atom stereocenters. The van der Waals surface area contributed by atoms with Crippen molar-refractivity contribution in [2.24, 2.45) is 0 Å². The Hall–Kier alpha value is 0.0983. The molecule has 0 N–H and O–H groups in total. The van der Waals surface area contributed by atoms with Crippen molar-refractivity contribution < 1.29 is 23.2 Å². The monoisotopic (exact) mass is 155 g/mol. The van der Waals surface area contributed by atoms with Crippen molar-refractivity contribution in [1.29, 1.82) is 0 Å². The molecule has 0 aliphatic rings. The second-order valence-electron chi connectivity index (χ2n) is 0.289. The molecule has 0 spiro atoms. The number of hydrogen-bond donors (Lipinski definition) is 0. The van der Waals surface area contributed by atoms with Crippen LogP contribution in [-0.4, -0.2) is 0 Å². The molecule has 0 aromatic rings. The maximum absolute atomic E-state index is 8.26. The summed E-state index contributed by atoms with van der Waals surface area (Å²) in [5.41, 5.74) is 0. The van der Waals surface area contributed by atoms with Crippen molar-refractivity contribution in [3.8, 4) is 0 Å². The van der Waals surface area contributed by atoms with Gasteiger partial charge in [-0.3, -0.25) is 0 Å². The zero-order valence-electron chi connectivity index (χ0n) is 2.81. The molecule has 5 heavy (non-hydrogen) atoms. The summed E-state index contributed by atoms with van der Waals surface area (Å²) in [5, 5.41) is 0. The van der Waals surface area contributed by atoms with Gasteiger partial charge >= 0.3 is 23.2 Å². The van der Waals surface area contributed by atoms with Crippen LogP contribution >= 0.6 is 0 Å². The van der Waals surface area contributed by atoms with Gasteiger partial charge in [-0.15, -0.1) is 0 Å². The molecule has 0 aliphatic heterocycles. The Morgan fingerprint density at radius 2 is 1.80 bits per heavy atom. The van der Waals surface area contributed by atoms with Crippen LogP contribution in [0.3, 0.4) is 0 Å². The van der Waals surface area contributed by atoms with Gasteiger partial charge in [0.1, 0.15) is 0 Å². The number of allylic oxidation sites excluding steroid dienone is 1. The molecule has 0 radical (unpaired) electrons. The van der Waals surface area contributed by atoms with Crippen molar-refractivity contribution in [3.63, 3.8) is 0 Å². The zero-order valence-corrected chi connectivity index (χ0v) is 4.82. The average Bonchev–Trinajstić information content (AvgIpc) is 1.46. The molecule has 0 aromatic carbocycles. The molecule has 30 valence electrons. The van der Waals surface area contributed by atoms with E-state index >= 15 is 0 Å². The third-order valence-corrected chi connectivity index (χ3v) is 0. The first-order chi connectivity index (χ1) is 2.41. The molecule has 1 nitrogen and oxygen atoms in total. The van der Waals surface area contributed by atoms with E-state index in [1.54, 1.807) is 0 Å². The van der Waals surface area contributed by atoms with E-state index in [0.717, 1.165) is 0 Å². The summed E-state index contributed by atoms with van der Waals surface area (Å²) < 4.78 is 8.26. The Balaban J connectivity index is 0. The fourth-order valence-electron chi connectivity index (χ4n) is 0. The van der Waals surface area contributed by atoms with E-state index < -0.39 is 0 Å². The first-order valence-corrected chi connectivity index (χ1v) is 1.80. The standard InChI is InChI=1S/C3H5.Mo.O/c1-3-2;;/h3H,1-2H2;;/q-1;;. The Kier molecular flexibility index (Phi) is 58.2. The molecule has 0 saturated carbocycles. The molecule has 2 heteroatoms. The Morgan fingerprint density at radius 3 is 1.80 bits per heavy atom. The van der Waals surface area contributed by atoms with E-state index in [9.17, 15) is 0 Å². The van der Waals surface area contributed by atoms with Crippen LogP contribution in [0.2, 0.25) is 0 Å². The zero-order chi connectivity index (χ0) is 4.71. The Bertz CT molecular complexity index is 20.9. The summed E-state index contributed by atoms with van der Waals surface area (Å²) >= 11 is 0.700. The third kappa shape index (κ3) is 1870. The summed E-state index contributed by atoms with van der Waals surface area (Å²) in [7, 11) is 0. The van der Waals surface area contributed by atoms with Crippen LogP contribution in [0.25, 0.3) is 0 Å². The topological polar surface area (TPSA) is 17.1 Å². The molecule has 0 bridgehead atoms. The predicted molar refractivity (Wildman–Crippen MR) is 16.2 cm³/mol. The summed E-state index contributed by atoms with van der Waals surface area (Å²) in [6.07, 6.45) is 1.50. The van der Waals surface area contributed by atoms with Gasteiger partial charge in [-0.2, -0.15) is 0 Å². The summed E-state index contributed by atoms with van der Waals surface area (Å²) in [5.74, 6) is 0. The predicted octanol–water partition coefficient (Wildman–Crippen LogP) is 0.885. The van der Waals surface area contributed by atoms with Crippen LogP contribution in [0.1, 0.15) is 0 Å². The summed E-state index contributed by atoms with van der Waals surface area (Å²) in [4.78, 5) is 0. The van der Waals surface area contributed by atoms with E-state index in [0.29, 0.717) is 19.8 Å². The van der Waals surface area contributed by atoms with Crippen LogP contribution in [0.5, 0.6) is 0 Å². The van der Waals surface area contributed by atoms with Gasteiger partial charge in [0, 0.05) is 0 Å². The van der Waals surface area contributed by atoms with Gasteiger partial charge < -0.3 is 0 Å². The molecule has 0 fully saturated rings. The molecule has 0 aromatic heterocycles. The Morgan fingerprint density at radius 1 is 1.80 bits per heavy atom. The number of hydrogen-bond acceptors (Lipinski definition) is 1. The van der Waals surface area contributed by atoms with Gasteiger partial charge in [-0.1, -0.05) is 0 Å². The van der Waals surface area contributed by atoms with Gasteiger partial charge in [-0.25, -0.2) is 19.6 Å². The normalized spacial score (nSPS) is 3.20. The van der Waals surface area contributed by atoms with Crippen molar-refractivity contribution in [3.05, 3.63) is 19.6 Å². The van der Waals surface area contributed by atoms with Gasteiger partial charge in [0.25, 0.3) is 0 Å². The van der Waals surface area contributed by atoms with E-state index in [1.165, 1.54) is 6.08 Å². The fourth-order valence-corrected chi connectivity index (χ4v) is 0. The van der Waals surface area contributed by atoms with Crippen molar-refractivity contribution in [1.82, 2.24) is 0 Å². The van der Waals surface area contributed by atoms with Crippen LogP contribution < -0.4 is 0 Å². The van der Waals surface area contributed by atoms with Crippen LogP contribution in [0.4, 0.5) is 0 Å². The van der Waals surface area contributed by atoms with Gasteiger partial charge in [0.2, 0.25) is 0 Å². The van der Waals surface area contributed by atoms with Crippen LogP contribution in [0, 0.1) is 6.92 Å². The van der Waals surface area contributed by atoms with Gasteiger partial charge in [0.15, 0.2) is 0 Å². The molecule has 0 saturated heterocycles. The second kappa shape index (κ2) is 32.6. The molecule has 0 aliphatic carbocycles. The van der Waals surface area contributed by atoms with Crippen molar-refractivity contribution in [2.45, 2.75) is 0 Å². The summed E-state index contributed by atoms with van der Waals surface area (Å²) in [6, 6.07) is 0.